The number of aryl methyl sites for hydroxylation is 1. The highest BCUT2D eigenvalue weighted by Crippen LogP contribution is 2.30. The molecule has 0 saturated carbocycles. The first kappa shape index (κ1) is 17.8. The number of hydrogen-bond acceptors (Lipinski definition) is 8. The van der Waals surface area contributed by atoms with Gasteiger partial charge < -0.3 is 10.0 Å². The Morgan fingerprint density at radius 2 is 1.48 bits per heavy atom. The molecule has 142 valence electrons. The number of nitrogens with zero attached hydrogens (tertiary/aromatic N) is 4. The molecule has 0 saturated heterocycles. The number of benzene rings is 3. The zero-order valence-electron chi connectivity index (χ0n) is 15.5. The monoisotopic (exact) mass is 416 g/mol. The van der Waals surface area contributed by atoms with Crippen molar-refractivity contribution in [3.63, 3.8) is 0 Å². The lowest BCUT2D eigenvalue weighted by atomic mass is 10.2. The Kier molecular flexibility index (Phi) is 4.71. The second-order valence-corrected chi connectivity index (χ2v) is 7.93. The number of rotatable bonds is 5. The van der Waals surface area contributed by atoms with Gasteiger partial charge in [-0.2, -0.15) is 8.75 Å². The molecule has 5 aromatic rings. The number of fused-ring (bicyclic) bond motifs is 2. The van der Waals surface area contributed by atoms with Gasteiger partial charge in [0, 0.05) is 10.6 Å². The standard InChI is InChI=1S/C21H16N6S2/c1-13-6-9-15(10-7-13)28-27-21-20(23-16-4-2-3-5-17(16)24-21)22-14-8-11-18-19(12-14)26-29-25-18/h2-12H,1H3,(H,22,23)(H,24,27). The number of hydrogen-bond donors (Lipinski definition) is 2. The Balaban J connectivity index is 1.49. The molecule has 2 heterocycles. The maximum absolute atomic E-state index is 4.78. The van der Waals surface area contributed by atoms with E-state index in [2.05, 4.69) is 50.0 Å². The van der Waals surface area contributed by atoms with Gasteiger partial charge in [0.1, 0.15) is 11.0 Å². The van der Waals surface area contributed by atoms with Crippen LogP contribution in [-0.4, -0.2) is 18.7 Å². The second-order valence-electron chi connectivity index (χ2n) is 6.52. The maximum atomic E-state index is 4.78. The van der Waals surface area contributed by atoms with Crippen LogP contribution in [0.4, 0.5) is 17.3 Å². The molecule has 0 aliphatic heterocycles. The van der Waals surface area contributed by atoms with Crippen molar-refractivity contribution < 1.29 is 0 Å². The van der Waals surface area contributed by atoms with E-state index in [-0.39, 0.29) is 0 Å². The Morgan fingerprint density at radius 1 is 0.759 bits per heavy atom. The van der Waals surface area contributed by atoms with Gasteiger partial charge in [-0.15, -0.1) is 0 Å². The third kappa shape index (κ3) is 3.85. The molecule has 8 heteroatoms. The topological polar surface area (TPSA) is 75.6 Å². The lowest BCUT2D eigenvalue weighted by Gasteiger charge is -2.13. The third-order valence-electron chi connectivity index (χ3n) is 4.37. The lowest BCUT2D eigenvalue weighted by Crippen LogP contribution is -2.02. The average molecular weight is 417 g/mol. The summed E-state index contributed by atoms with van der Waals surface area (Å²) in [6, 6.07) is 22.1. The molecule has 0 spiro atoms. The fraction of sp³-hybridized carbons (Fsp3) is 0.0476. The molecule has 0 radical (unpaired) electrons. The van der Waals surface area contributed by atoms with Crippen LogP contribution >= 0.6 is 23.7 Å². The molecule has 0 unspecified atom stereocenters. The molecule has 5 rings (SSSR count). The van der Waals surface area contributed by atoms with Crippen molar-refractivity contribution in [2.45, 2.75) is 11.8 Å². The van der Waals surface area contributed by atoms with Crippen molar-refractivity contribution in [3.05, 3.63) is 72.3 Å². The molecule has 6 nitrogen and oxygen atoms in total. The van der Waals surface area contributed by atoms with E-state index in [1.54, 1.807) is 0 Å². The van der Waals surface area contributed by atoms with Gasteiger partial charge in [-0.25, -0.2) is 9.97 Å². The van der Waals surface area contributed by atoms with Crippen molar-refractivity contribution in [1.82, 2.24) is 18.7 Å². The van der Waals surface area contributed by atoms with E-state index in [9.17, 15) is 0 Å². The molecular formula is C21H16N6S2. The van der Waals surface area contributed by atoms with Gasteiger partial charge >= 0.3 is 0 Å². The van der Waals surface area contributed by atoms with Crippen LogP contribution in [0.1, 0.15) is 5.56 Å². The van der Waals surface area contributed by atoms with Crippen LogP contribution in [0.5, 0.6) is 0 Å². The predicted molar refractivity (Wildman–Crippen MR) is 121 cm³/mol. The van der Waals surface area contributed by atoms with E-state index in [0.29, 0.717) is 11.6 Å². The zero-order chi connectivity index (χ0) is 19.6. The molecule has 0 aliphatic carbocycles. The van der Waals surface area contributed by atoms with Crippen LogP contribution < -0.4 is 10.0 Å². The number of anilines is 3. The molecule has 29 heavy (non-hydrogen) atoms. The minimum Gasteiger partial charge on any atom is -0.337 e. The minimum atomic E-state index is 0.658. The molecule has 2 aromatic heterocycles. The van der Waals surface area contributed by atoms with Crippen LogP contribution in [0.25, 0.3) is 22.1 Å². The average Bonchev–Trinajstić information content (AvgIpc) is 3.21. The molecule has 2 N–H and O–H groups in total. The third-order valence-corrected chi connectivity index (χ3v) is 5.73. The van der Waals surface area contributed by atoms with Crippen molar-refractivity contribution in [2.24, 2.45) is 0 Å². The van der Waals surface area contributed by atoms with Gasteiger partial charge in [0.05, 0.1) is 22.8 Å². The van der Waals surface area contributed by atoms with Gasteiger partial charge in [-0.1, -0.05) is 29.8 Å². The summed E-state index contributed by atoms with van der Waals surface area (Å²) in [4.78, 5) is 10.7. The smallest absolute Gasteiger partial charge is 0.180 e. The summed E-state index contributed by atoms with van der Waals surface area (Å²) in [5, 5.41) is 3.38. The Bertz CT molecular complexity index is 1300. The molecule has 0 aliphatic rings. The van der Waals surface area contributed by atoms with Crippen LogP contribution in [0, 0.1) is 6.92 Å². The van der Waals surface area contributed by atoms with E-state index < -0.39 is 0 Å². The molecule has 0 bridgehead atoms. The zero-order valence-corrected chi connectivity index (χ0v) is 17.1. The van der Waals surface area contributed by atoms with Crippen molar-refractivity contribution in [1.29, 1.82) is 0 Å². The molecule has 3 aromatic carbocycles. The first-order valence-corrected chi connectivity index (χ1v) is 10.5. The summed E-state index contributed by atoms with van der Waals surface area (Å²) in [6.45, 7) is 2.08. The van der Waals surface area contributed by atoms with E-state index in [0.717, 1.165) is 32.6 Å². The van der Waals surface area contributed by atoms with Crippen molar-refractivity contribution in [2.75, 3.05) is 10.0 Å². The van der Waals surface area contributed by atoms with Crippen molar-refractivity contribution >= 4 is 63.1 Å². The van der Waals surface area contributed by atoms with Gasteiger partial charge in [-0.3, -0.25) is 0 Å². The van der Waals surface area contributed by atoms with Gasteiger partial charge in [0.15, 0.2) is 11.6 Å². The van der Waals surface area contributed by atoms with Gasteiger partial charge in [0.2, 0.25) is 0 Å². The summed E-state index contributed by atoms with van der Waals surface area (Å²) in [7, 11) is 0. The van der Waals surface area contributed by atoms with Crippen molar-refractivity contribution in [3.8, 4) is 0 Å². The van der Waals surface area contributed by atoms with Crippen LogP contribution in [-0.2, 0) is 0 Å². The first-order valence-electron chi connectivity index (χ1n) is 9.00. The van der Waals surface area contributed by atoms with Crippen LogP contribution in [0.2, 0.25) is 0 Å². The Hall–Kier alpha value is -3.23. The van der Waals surface area contributed by atoms with E-state index in [1.807, 2.05) is 42.5 Å². The molecule has 0 amide bonds. The van der Waals surface area contributed by atoms with E-state index in [4.69, 9.17) is 9.97 Å². The lowest BCUT2D eigenvalue weighted by molar-refractivity contribution is 1.28. The molecular weight excluding hydrogens is 400 g/mol. The minimum absolute atomic E-state index is 0.658. The number of aromatic nitrogens is 4. The van der Waals surface area contributed by atoms with E-state index in [1.165, 1.54) is 29.2 Å². The summed E-state index contributed by atoms with van der Waals surface area (Å²) in [5.41, 5.74) is 5.53. The highest BCUT2D eigenvalue weighted by atomic mass is 32.2. The predicted octanol–water partition coefficient (Wildman–Crippen LogP) is 5.81. The van der Waals surface area contributed by atoms with Crippen LogP contribution in [0.3, 0.4) is 0 Å². The van der Waals surface area contributed by atoms with Gasteiger partial charge in [-0.05, 0) is 61.3 Å². The maximum Gasteiger partial charge on any atom is 0.180 e. The largest absolute Gasteiger partial charge is 0.337 e. The second kappa shape index (κ2) is 7.65. The van der Waals surface area contributed by atoms with Crippen LogP contribution in [0.15, 0.2) is 71.6 Å². The first-order chi connectivity index (χ1) is 14.2. The quantitative estimate of drug-likeness (QED) is 0.350. The molecule has 0 fully saturated rings. The fourth-order valence-corrected chi connectivity index (χ4v) is 4.01. The van der Waals surface area contributed by atoms with E-state index >= 15 is 0 Å². The number of nitrogens with one attached hydrogen (secondary N) is 2. The Morgan fingerprint density at radius 3 is 2.28 bits per heavy atom. The number of para-hydroxylation sites is 2. The summed E-state index contributed by atoms with van der Waals surface area (Å²) in [5.74, 6) is 1.33. The SMILES string of the molecule is Cc1ccc(SNc2nc3ccccc3nc2Nc2ccc3nsnc3c2)cc1. The molecule has 0 atom stereocenters. The Labute approximate surface area is 175 Å². The summed E-state index contributed by atoms with van der Waals surface area (Å²) in [6.07, 6.45) is 0. The normalized spacial score (nSPS) is 11.1. The highest BCUT2D eigenvalue weighted by Gasteiger charge is 2.11. The summed E-state index contributed by atoms with van der Waals surface area (Å²) < 4.78 is 11.9. The highest BCUT2D eigenvalue weighted by molar-refractivity contribution is 8.00. The summed E-state index contributed by atoms with van der Waals surface area (Å²) >= 11 is 2.71. The fourth-order valence-electron chi connectivity index (χ4n) is 2.87. The van der Waals surface area contributed by atoms with Gasteiger partial charge in [0.25, 0.3) is 0 Å².